The molecule has 0 amide bonds. The van der Waals surface area contributed by atoms with Crippen LogP contribution in [0, 0.1) is 21.4 Å². The summed E-state index contributed by atoms with van der Waals surface area (Å²) in [5.41, 5.74) is 0.546. The Hall–Kier alpha value is -1.90. The summed E-state index contributed by atoms with van der Waals surface area (Å²) >= 11 is 0. The Labute approximate surface area is 68.2 Å². The minimum Gasteiger partial charge on any atom is -0.358 e. The molecule has 0 saturated heterocycles. The van der Waals surface area contributed by atoms with Crippen LogP contribution < -0.4 is 0 Å². The van der Waals surface area contributed by atoms with Crippen molar-refractivity contribution < 1.29 is 4.92 Å². The van der Waals surface area contributed by atoms with Crippen LogP contribution in [0.1, 0.15) is 5.69 Å². The number of nitrogens with zero attached hydrogens (tertiary/aromatic N) is 4. The molecular weight excluding hydrogens is 160 g/mol. The van der Waals surface area contributed by atoms with Crippen LogP contribution in [0.25, 0.3) is 0 Å². The van der Waals surface area contributed by atoms with E-state index in [4.69, 9.17) is 5.26 Å². The predicted octanol–water partition coefficient (Wildman–Crippen LogP) is 0.394. The van der Waals surface area contributed by atoms with Gasteiger partial charge in [0.25, 0.3) is 0 Å². The van der Waals surface area contributed by atoms with Gasteiger partial charge in [-0.25, -0.2) is 0 Å². The molecule has 0 aromatic carbocycles. The standard InChI is InChI=1S/C6H6N4O2/c1-9-5(2-3-7)4-6(8-9)10(11)12/h4H,2H2,1H3. The average molecular weight is 166 g/mol. The average Bonchev–Trinajstić information content (AvgIpc) is 2.34. The molecule has 1 heterocycles. The van der Waals surface area contributed by atoms with Crippen LogP contribution in [0.15, 0.2) is 6.07 Å². The molecule has 0 spiro atoms. The van der Waals surface area contributed by atoms with E-state index in [1.807, 2.05) is 6.07 Å². The van der Waals surface area contributed by atoms with Crippen molar-refractivity contribution in [3.8, 4) is 6.07 Å². The van der Waals surface area contributed by atoms with E-state index in [1.54, 1.807) is 7.05 Å². The SMILES string of the molecule is Cn1nc([N+](=O)[O-])cc1CC#N. The summed E-state index contributed by atoms with van der Waals surface area (Å²) in [4.78, 5) is 9.64. The lowest BCUT2D eigenvalue weighted by atomic mass is 10.3. The fourth-order valence-corrected chi connectivity index (χ4v) is 0.825. The van der Waals surface area contributed by atoms with E-state index >= 15 is 0 Å². The Morgan fingerprint density at radius 2 is 2.58 bits per heavy atom. The number of nitro groups is 1. The molecule has 1 aromatic heterocycles. The second-order valence-corrected chi connectivity index (χ2v) is 2.21. The normalized spacial score (nSPS) is 9.33. The second-order valence-electron chi connectivity index (χ2n) is 2.21. The van der Waals surface area contributed by atoms with Gasteiger partial charge in [0.15, 0.2) is 0 Å². The second kappa shape index (κ2) is 3.00. The monoisotopic (exact) mass is 166 g/mol. The van der Waals surface area contributed by atoms with Gasteiger partial charge in [0.2, 0.25) is 0 Å². The predicted molar refractivity (Wildman–Crippen MR) is 39.2 cm³/mol. The van der Waals surface area contributed by atoms with Gasteiger partial charge in [-0.1, -0.05) is 0 Å². The molecule has 0 bridgehead atoms. The summed E-state index contributed by atoms with van der Waals surface area (Å²) in [5, 5.41) is 22.1. The molecule has 62 valence electrons. The van der Waals surface area contributed by atoms with Crippen molar-refractivity contribution in [3.05, 3.63) is 21.9 Å². The third kappa shape index (κ3) is 1.40. The molecule has 1 rings (SSSR count). The van der Waals surface area contributed by atoms with Crippen LogP contribution >= 0.6 is 0 Å². The third-order valence-electron chi connectivity index (χ3n) is 1.41. The van der Waals surface area contributed by atoms with Crippen LogP contribution in [0.4, 0.5) is 5.82 Å². The highest BCUT2D eigenvalue weighted by molar-refractivity contribution is 5.23. The van der Waals surface area contributed by atoms with E-state index in [1.165, 1.54) is 10.7 Å². The van der Waals surface area contributed by atoms with Gasteiger partial charge in [-0.05, 0) is 4.92 Å². The van der Waals surface area contributed by atoms with E-state index in [2.05, 4.69) is 5.10 Å². The molecule has 0 aliphatic carbocycles. The van der Waals surface area contributed by atoms with Gasteiger partial charge in [-0.15, -0.1) is 0 Å². The summed E-state index contributed by atoms with van der Waals surface area (Å²) in [6.45, 7) is 0. The van der Waals surface area contributed by atoms with E-state index in [0.29, 0.717) is 5.69 Å². The first kappa shape index (κ1) is 8.20. The van der Waals surface area contributed by atoms with Crippen LogP contribution in [0.3, 0.4) is 0 Å². The highest BCUT2D eigenvalue weighted by Crippen LogP contribution is 2.10. The summed E-state index contributed by atoms with van der Waals surface area (Å²) in [6, 6.07) is 3.19. The van der Waals surface area contributed by atoms with Crippen LogP contribution in [-0.4, -0.2) is 14.7 Å². The van der Waals surface area contributed by atoms with Gasteiger partial charge >= 0.3 is 5.82 Å². The zero-order chi connectivity index (χ0) is 9.14. The van der Waals surface area contributed by atoms with Gasteiger partial charge in [0.05, 0.1) is 36.4 Å². The number of hydrogen-bond donors (Lipinski definition) is 0. The van der Waals surface area contributed by atoms with Crippen molar-refractivity contribution in [3.63, 3.8) is 0 Å². The Morgan fingerprint density at radius 1 is 1.92 bits per heavy atom. The Bertz CT molecular complexity index is 349. The lowest BCUT2D eigenvalue weighted by Crippen LogP contribution is -1.97. The van der Waals surface area contributed by atoms with Crippen molar-refractivity contribution in [1.82, 2.24) is 9.78 Å². The molecular formula is C6H6N4O2. The Morgan fingerprint density at radius 3 is 3.00 bits per heavy atom. The van der Waals surface area contributed by atoms with E-state index < -0.39 is 4.92 Å². The molecule has 0 aliphatic rings. The molecule has 0 atom stereocenters. The zero-order valence-corrected chi connectivity index (χ0v) is 6.39. The summed E-state index contributed by atoms with van der Waals surface area (Å²) in [7, 11) is 1.57. The summed E-state index contributed by atoms with van der Waals surface area (Å²) in [6.07, 6.45) is 0.136. The fourth-order valence-electron chi connectivity index (χ4n) is 0.825. The first-order valence-electron chi connectivity index (χ1n) is 3.19. The van der Waals surface area contributed by atoms with Gasteiger partial charge in [0, 0.05) is 0 Å². The lowest BCUT2D eigenvalue weighted by Gasteiger charge is -1.85. The van der Waals surface area contributed by atoms with Crippen LogP contribution in [0.5, 0.6) is 0 Å². The number of aryl methyl sites for hydroxylation is 1. The van der Waals surface area contributed by atoms with Crippen LogP contribution in [-0.2, 0) is 13.5 Å². The van der Waals surface area contributed by atoms with Crippen molar-refractivity contribution in [1.29, 1.82) is 5.26 Å². The zero-order valence-electron chi connectivity index (χ0n) is 6.39. The van der Waals surface area contributed by atoms with E-state index in [-0.39, 0.29) is 12.2 Å². The van der Waals surface area contributed by atoms with Crippen molar-refractivity contribution >= 4 is 5.82 Å². The third-order valence-corrected chi connectivity index (χ3v) is 1.41. The highest BCUT2D eigenvalue weighted by atomic mass is 16.6. The molecule has 12 heavy (non-hydrogen) atoms. The number of hydrogen-bond acceptors (Lipinski definition) is 4. The first-order chi connectivity index (χ1) is 5.65. The molecule has 1 aromatic rings. The molecule has 0 unspecified atom stereocenters. The largest absolute Gasteiger partial charge is 0.390 e. The van der Waals surface area contributed by atoms with Crippen molar-refractivity contribution in [2.45, 2.75) is 6.42 Å². The number of rotatable bonds is 2. The topological polar surface area (TPSA) is 84.8 Å². The number of aromatic nitrogens is 2. The minimum absolute atomic E-state index is 0.136. The maximum absolute atomic E-state index is 10.2. The summed E-state index contributed by atoms with van der Waals surface area (Å²) in [5.74, 6) is -0.220. The van der Waals surface area contributed by atoms with Gasteiger partial charge < -0.3 is 10.1 Å². The maximum atomic E-state index is 10.2. The van der Waals surface area contributed by atoms with Crippen molar-refractivity contribution in [2.75, 3.05) is 0 Å². The summed E-state index contributed by atoms with van der Waals surface area (Å²) < 4.78 is 1.33. The quantitative estimate of drug-likeness (QED) is 0.470. The molecule has 0 fully saturated rings. The van der Waals surface area contributed by atoms with Crippen LogP contribution in [0.2, 0.25) is 0 Å². The molecule has 6 nitrogen and oxygen atoms in total. The van der Waals surface area contributed by atoms with E-state index in [0.717, 1.165) is 0 Å². The lowest BCUT2D eigenvalue weighted by molar-refractivity contribution is -0.389. The molecule has 0 N–H and O–H groups in total. The Kier molecular flexibility index (Phi) is 2.05. The van der Waals surface area contributed by atoms with Gasteiger partial charge in [-0.3, -0.25) is 0 Å². The number of nitriles is 1. The molecule has 6 heteroatoms. The smallest absolute Gasteiger partial charge is 0.358 e. The maximum Gasteiger partial charge on any atom is 0.390 e. The Balaban J connectivity index is 3.02. The first-order valence-corrected chi connectivity index (χ1v) is 3.19. The fraction of sp³-hybridized carbons (Fsp3) is 0.333. The van der Waals surface area contributed by atoms with E-state index in [9.17, 15) is 10.1 Å². The van der Waals surface area contributed by atoms with Gasteiger partial charge in [-0.2, -0.15) is 9.94 Å². The van der Waals surface area contributed by atoms with Crippen molar-refractivity contribution in [2.24, 2.45) is 7.05 Å². The molecule has 0 aliphatic heterocycles. The highest BCUT2D eigenvalue weighted by Gasteiger charge is 2.14. The van der Waals surface area contributed by atoms with Gasteiger partial charge in [0.1, 0.15) is 0 Å². The molecule has 0 saturated carbocycles. The molecule has 0 radical (unpaired) electrons. The minimum atomic E-state index is -0.582.